The van der Waals surface area contributed by atoms with Gasteiger partial charge in [0.25, 0.3) is 0 Å². The number of nitrogens with one attached hydrogen (secondary N) is 1. The van der Waals surface area contributed by atoms with Gasteiger partial charge in [0.2, 0.25) is 0 Å². The molecule has 0 aromatic heterocycles. The van der Waals surface area contributed by atoms with Gasteiger partial charge in [-0.25, -0.2) is 0 Å². The Morgan fingerprint density at radius 3 is 2.60 bits per heavy atom. The monoisotopic (exact) mass is 269 g/mol. The lowest BCUT2D eigenvalue weighted by molar-refractivity contribution is 0.190. The van der Waals surface area contributed by atoms with Gasteiger partial charge in [0.1, 0.15) is 0 Å². The van der Waals surface area contributed by atoms with E-state index in [0.717, 1.165) is 31.1 Å². The maximum Gasteiger partial charge on any atom is 0.0995 e. The summed E-state index contributed by atoms with van der Waals surface area (Å²) in [6, 6.07) is 11.0. The van der Waals surface area contributed by atoms with Crippen LogP contribution in [-0.2, 0) is 6.54 Å². The topological polar surface area (TPSA) is 39.1 Å². The van der Waals surface area contributed by atoms with E-state index in [9.17, 15) is 0 Å². The van der Waals surface area contributed by atoms with Gasteiger partial charge in [0.15, 0.2) is 0 Å². The van der Waals surface area contributed by atoms with Gasteiger partial charge in [0, 0.05) is 12.6 Å². The molecule has 20 heavy (non-hydrogen) atoms. The number of likely N-dealkylation sites (tertiary alicyclic amines) is 1. The summed E-state index contributed by atoms with van der Waals surface area (Å²) in [6.45, 7) is 4.42. The average molecular weight is 269 g/mol. The molecule has 0 unspecified atom stereocenters. The van der Waals surface area contributed by atoms with Gasteiger partial charge in [-0.3, -0.25) is 4.90 Å². The largest absolute Gasteiger partial charge is 0.314 e. The summed E-state index contributed by atoms with van der Waals surface area (Å²) in [6.07, 6.45) is 5.33. The van der Waals surface area contributed by atoms with Gasteiger partial charge in [-0.2, -0.15) is 5.26 Å². The van der Waals surface area contributed by atoms with E-state index in [1.54, 1.807) is 0 Å². The molecular formula is C17H23N3. The molecule has 0 radical (unpaired) electrons. The normalized spacial score (nSPS) is 20.8. The van der Waals surface area contributed by atoms with E-state index in [1.807, 2.05) is 18.2 Å². The molecule has 0 atom stereocenters. The van der Waals surface area contributed by atoms with E-state index in [4.69, 9.17) is 5.26 Å². The molecule has 1 heterocycles. The molecule has 0 bridgehead atoms. The first-order valence-corrected chi connectivity index (χ1v) is 7.79. The molecule has 1 aliphatic carbocycles. The molecule has 1 aliphatic heterocycles. The second kappa shape index (κ2) is 6.39. The van der Waals surface area contributed by atoms with Crippen LogP contribution in [-0.4, -0.2) is 30.6 Å². The van der Waals surface area contributed by atoms with Crippen molar-refractivity contribution < 1.29 is 0 Å². The minimum absolute atomic E-state index is 0.707. The average Bonchev–Trinajstić information content (AvgIpc) is 3.31. The van der Waals surface area contributed by atoms with Crippen LogP contribution < -0.4 is 5.32 Å². The third-order valence-corrected chi connectivity index (χ3v) is 4.51. The van der Waals surface area contributed by atoms with Gasteiger partial charge < -0.3 is 5.32 Å². The minimum Gasteiger partial charge on any atom is -0.314 e. The van der Waals surface area contributed by atoms with Crippen LogP contribution in [0.15, 0.2) is 24.3 Å². The summed E-state index contributed by atoms with van der Waals surface area (Å²) < 4.78 is 0. The van der Waals surface area contributed by atoms with Crippen molar-refractivity contribution in [2.45, 2.75) is 38.3 Å². The van der Waals surface area contributed by atoms with E-state index in [2.05, 4.69) is 22.4 Å². The molecule has 0 spiro atoms. The molecule has 1 saturated carbocycles. The summed E-state index contributed by atoms with van der Waals surface area (Å²) in [7, 11) is 0. The molecule has 3 nitrogen and oxygen atoms in total. The highest BCUT2D eigenvalue weighted by atomic mass is 15.1. The van der Waals surface area contributed by atoms with Gasteiger partial charge in [0.05, 0.1) is 11.6 Å². The fourth-order valence-corrected chi connectivity index (χ4v) is 2.96. The SMILES string of the molecule is N#Cc1ccccc1CN1CCC(NCC2CC2)CC1. The van der Waals surface area contributed by atoms with E-state index in [0.29, 0.717) is 6.04 Å². The Hall–Kier alpha value is -1.37. The molecule has 3 heteroatoms. The Labute approximate surface area is 121 Å². The van der Waals surface area contributed by atoms with Crippen LogP contribution >= 0.6 is 0 Å². The number of hydrogen-bond acceptors (Lipinski definition) is 3. The van der Waals surface area contributed by atoms with Crippen molar-refractivity contribution in [3.8, 4) is 6.07 Å². The molecule has 3 rings (SSSR count). The fraction of sp³-hybridized carbons (Fsp3) is 0.588. The maximum atomic E-state index is 9.14. The summed E-state index contributed by atoms with van der Waals surface area (Å²) in [5, 5.41) is 12.9. The van der Waals surface area contributed by atoms with Crippen LogP contribution in [0, 0.1) is 17.2 Å². The summed E-state index contributed by atoms with van der Waals surface area (Å²) in [4.78, 5) is 2.48. The quantitative estimate of drug-likeness (QED) is 0.892. The minimum atomic E-state index is 0.707. The second-order valence-corrected chi connectivity index (χ2v) is 6.17. The third kappa shape index (κ3) is 3.59. The number of benzene rings is 1. The predicted molar refractivity (Wildman–Crippen MR) is 80.2 cm³/mol. The highest BCUT2D eigenvalue weighted by Crippen LogP contribution is 2.28. The van der Waals surface area contributed by atoms with Crippen LogP contribution in [0.3, 0.4) is 0 Å². The predicted octanol–water partition coefficient (Wildman–Crippen LogP) is 2.52. The van der Waals surface area contributed by atoms with Crippen molar-refractivity contribution in [2.75, 3.05) is 19.6 Å². The van der Waals surface area contributed by atoms with Crippen LogP contribution in [0.5, 0.6) is 0 Å². The molecule has 1 N–H and O–H groups in total. The van der Waals surface area contributed by atoms with Crippen molar-refractivity contribution in [3.63, 3.8) is 0 Å². The van der Waals surface area contributed by atoms with Crippen molar-refractivity contribution >= 4 is 0 Å². The first kappa shape index (κ1) is 13.6. The molecular weight excluding hydrogens is 246 g/mol. The molecule has 1 aromatic rings. The van der Waals surface area contributed by atoms with E-state index >= 15 is 0 Å². The van der Waals surface area contributed by atoms with Crippen molar-refractivity contribution in [1.29, 1.82) is 5.26 Å². The highest BCUT2D eigenvalue weighted by Gasteiger charge is 2.24. The smallest absolute Gasteiger partial charge is 0.0995 e. The molecule has 0 amide bonds. The lowest BCUT2D eigenvalue weighted by atomic mass is 10.0. The van der Waals surface area contributed by atoms with Crippen LogP contribution in [0.4, 0.5) is 0 Å². The first-order chi connectivity index (χ1) is 9.85. The van der Waals surface area contributed by atoms with Crippen molar-refractivity contribution in [3.05, 3.63) is 35.4 Å². The summed E-state index contributed by atoms with van der Waals surface area (Å²) in [5.74, 6) is 0.968. The zero-order valence-electron chi connectivity index (χ0n) is 12.0. The third-order valence-electron chi connectivity index (χ3n) is 4.51. The number of hydrogen-bond donors (Lipinski definition) is 1. The Balaban J connectivity index is 1.47. The number of nitrogens with zero attached hydrogens (tertiary/aromatic N) is 2. The van der Waals surface area contributed by atoms with Crippen LogP contribution in [0.25, 0.3) is 0 Å². The number of rotatable bonds is 5. The van der Waals surface area contributed by atoms with E-state index in [1.165, 1.54) is 37.8 Å². The van der Waals surface area contributed by atoms with E-state index < -0.39 is 0 Å². The van der Waals surface area contributed by atoms with Gasteiger partial charge in [-0.1, -0.05) is 18.2 Å². The van der Waals surface area contributed by atoms with Crippen LogP contribution in [0.2, 0.25) is 0 Å². The fourth-order valence-electron chi connectivity index (χ4n) is 2.96. The van der Waals surface area contributed by atoms with Crippen molar-refractivity contribution in [1.82, 2.24) is 10.2 Å². The lowest BCUT2D eigenvalue weighted by Gasteiger charge is -2.32. The molecule has 1 saturated heterocycles. The maximum absolute atomic E-state index is 9.14. The van der Waals surface area contributed by atoms with Crippen LogP contribution in [0.1, 0.15) is 36.8 Å². The Morgan fingerprint density at radius 1 is 1.15 bits per heavy atom. The zero-order chi connectivity index (χ0) is 13.8. The second-order valence-electron chi connectivity index (χ2n) is 6.17. The molecule has 106 valence electrons. The van der Waals surface area contributed by atoms with E-state index in [-0.39, 0.29) is 0 Å². The molecule has 2 aliphatic rings. The van der Waals surface area contributed by atoms with Gasteiger partial charge in [-0.15, -0.1) is 0 Å². The number of nitriles is 1. The Morgan fingerprint density at radius 2 is 1.90 bits per heavy atom. The van der Waals surface area contributed by atoms with Gasteiger partial charge in [-0.05, 0) is 62.9 Å². The van der Waals surface area contributed by atoms with Crippen molar-refractivity contribution in [2.24, 2.45) is 5.92 Å². The van der Waals surface area contributed by atoms with Gasteiger partial charge >= 0.3 is 0 Å². The lowest BCUT2D eigenvalue weighted by Crippen LogP contribution is -2.42. The number of piperidine rings is 1. The standard InChI is InChI=1S/C17H23N3/c18-11-15-3-1-2-4-16(15)13-20-9-7-17(8-10-20)19-12-14-5-6-14/h1-4,14,17,19H,5-10,12-13H2. The highest BCUT2D eigenvalue weighted by molar-refractivity contribution is 5.37. The Bertz CT molecular complexity index is 479. The first-order valence-electron chi connectivity index (χ1n) is 7.79. The molecule has 1 aromatic carbocycles. The summed E-state index contributed by atoms with van der Waals surface area (Å²) in [5.41, 5.74) is 1.99. The zero-order valence-corrected chi connectivity index (χ0v) is 12.0. The summed E-state index contributed by atoms with van der Waals surface area (Å²) >= 11 is 0. The molecule has 2 fully saturated rings. The Kier molecular flexibility index (Phi) is 4.34.